The van der Waals surface area contributed by atoms with Gasteiger partial charge in [0.05, 0.1) is 24.0 Å². The van der Waals surface area contributed by atoms with Gasteiger partial charge in [-0.3, -0.25) is 0 Å². The van der Waals surface area contributed by atoms with Crippen LogP contribution in [0.1, 0.15) is 29.6 Å². The monoisotopic (exact) mass is 252 g/mol. The molecule has 0 aromatic heterocycles. The van der Waals surface area contributed by atoms with Crippen LogP contribution in [-0.2, 0) is 4.74 Å². The van der Waals surface area contributed by atoms with Gasteiger partial charge in [0.15, 0.2) is 0 Å². The van der Waals surface area contributed by atoms with E-state index in [2.05, 4.69) is 10.1 Å². The molecule has 0 radical (unpaired) electrons. The molecule has 0 saturated heterocycles. The summed E-state index contributed by atoms with van der Waals surface area (Å²) >= 11 is 0. The fraction of sp³-hybridized carbons (Fsp3) is 0.462. The number of rotatable bonds is 3. The van der Waals surface area contributed by atoms with Crippen LogP contribution in [0.3, 0.4) is 0 Å². The lowest BCUT2D eigenvalue weighted by atomic mass is 9.93. The molecule has 5 heteroatoms. The Morgan fingerprint density at radius 1 is 1.44 bits per heavy atom. The molecule has 100 valence electrons. The van der Waals surface area contributed by atoms with Crippen LogP contribution in [0.25, 0.3) is 0 Å². The molecule has 0 heterocycles. The Bertz CT molecular complexity index is 403. The van der Waals surface area contributed by atoms with Crippen molar-refractivity contribution in [3.8, 4) is 0 Å². The number of hydrogen-bond acceptors (Lipinski definition) is 5. The van der Waals surface area contributed by atoms with Gasteiger partial charge in [-0.1, -0.05) is 0 Å². The minimum Gasteiger partial charge on any atom is -0.465 e. The van der Waals surface area contributed by atoms with Crippen molar-refractivity contribution in [3.05, 3.63) is 23.8 Å². The second-order valence-corrected chi connectivity index (χ2v) is 4.07. The van der Waals surface area contributed by atoms with E-state index in [1.165, 1.54) is 26.4 Å². The van der Waals surface area contributed by atoms with Gasteiger partial charge >= 0.3 is 5.97 Å². The Balaban J connectivity index is 0.000000771. The summed E-state index contributed by atoms with van der Waals surface area (Å²) in [4.78, 5) is 11.4. The average molecular weight is 252 g/mol. The predicted molar refractivity (Wildman–Crippen MR) is 71.6 cm³/mol. The largest absolute Gasteiger partial charge is 0.465 e. The van der Waals surface area contributed by atoms with Gasteiger partial charge in [0.2, 0.25) is 0 Å². The quantitative estimate of drug-likeness (QED) is 0.562. The van der Waals surface area contributed by atoms with Gasteiger partial charge in [0.25, 0.3) is 0 Å². The first-order chi connectivity index (χ1) is 8.70. The van der Waals surface area contributed by atoms with Crippen LogP contribution >= 0.6 is 0 Å². The van der Waals surface area contributed by atoms with E-state index >= 15 is 0 Å². The molecule has 4 N–H and O–H groups in total. The Labute approximate surface area is 107 Å². The lowest BCUT2D eigenvalue weighted by Crippen LogP contribution is -2.27. The fourth-order valence-corrected chi connectivity index (χ4v) is 1.70. The molecule has 1 aliphatic carbocycles. The molecule has 1 aliphatic rings. The zero-order chi connectivity index (χ0) is 13.5. The van der Waals surface area contributed by atoms with E-state index < -0.39 is 0 Å². The zero-order valence-electron chi connectivity index (χ0n) is 10.8. The second kappa shape index (κ2) is 6.86. The molecule has 0 bridgehead atoms. The number of ether oxygens (including phenoxy) is 1. The first kappa shape index (κ1) is 14.3. The number of aliphatic hydroxyl groups excluding tert-OH is 1. The number of benzene rings is 1. The molecule has 1 saturated carbocycles. The van der Waals surface area contributed by atoms with Crippen LogP contribution in [0.4, 0.5) is 11.4 Å². The van der Waals surface area contributed by atoms with Crippen molar-refractivity contribution < 1.29 is 14.6 Å². The predicted octanol–water partition coefficient (Wildman–Crippen LogP) is 1.63. The molecule has 1 aromatic carbocycles. The molecular weight excluding hydrogens is 232 g/mol. The van der Waals surface area contributed by atoms with Gasteiger partial charge in [0.1, 0.15) is 0 Å². The number of methoxy groups -OCH3 is 1. The van der Waals surface area contributed by atoms with Crippen LogP contribution in [0, 0.1) is 0 Å². The molecule has 5 nitrogen and oxygen atoms in total. The number of carbonyl (C=O) groups excluding carboxylic acids is 1. The normalized spacial score (nSPS) is 13.9. The number of nitrogens with two attached hydrogens (primary N) is 1. The maximum absolute atomic E-state index is 11.4. The maximum Gasteiger partial charge on any atom is 0.337 e. The standard InChI is InChI=1S/C12H16N2O2.CH4O/c1-16-12(15)8-5-6-10(13)11(7-8)14-9-3-2-4-9;1-2/h5-7,9,14H,2-4,13H2,1H3;2H,1H3. The zero-order valence-corrected chi connectivity index (χ0v) is 10.8. The number of aliphatic hydroxyl groups is 1. The third-order valence-electron chi connectivity index (χ3n) is 2.94. The average Bonchev–Trinajstić information content (AvgIpc) is 2.37. The van der Waals surface area contributed by atoms with E-state index in [1.54, 1.807) is 18.2 Å². The maximum atomic E-state index is 11.4. The highest BCUT2D eigenvalue weighted by Gasteiger charge is 2.18. The van der Waals surface area contributed by atoms with E-state index in [9.17, 15) is 4.79 Å². The molecule has 0 amide bonds. The van der Waals surface area contributed by atoms with Crippen molar-refractivity contribution in [2.45, 2.75) is 25.3 Å². The highest BCUT2D eigenvalue weighted by molar-refractivity contribution is 5.92. The fourth-order valence-electron chi connectivity index (χ4n) is 1.70. The van der Waals surface area contributed by atoms with Gasteiger partial charge in [-0.15, -0.1) is 0 Å². The van der Waals surface area contributed by atoms with Crippen molar-refractivity contribution in [1.29, 1.82) is 0 Å². The molecule has 2 rings (SSSR count). The van der Waals surface area contributed by atoms with Crippen molar-refractivity contribution in [3.63, 3.8) is 0 Å². The summed E-state index contributed by atoms with van der Waals surface area (Å²) in [5, 5.41) is 10.3. The summed E-state index contributed by atoms with van der Waals surface area (Å²) in [5.41, 5.74) is 7.86. The van der Waals surface area contributed by atoms with E-state index in [0.717, 1.165) is 12.8 Å². The summed E-state index contributed by atoms with van der Waals surface area (Å²) in [7, 11) is 2.37. The molecule has 0 unspecified atom stereocenters. The van der Waals surface area contributed by atoms with E-state index in [1.807, 2.05) is 0 Å². The van der Waals surface area contributed by atoms with Crippen molar-refractivity contribution >= 4 is 17.3 Å². The van der Waals surface area contributed by atoms with Gasteiger partial charge < -0.3 is 20.9 Å². The Morgan fingerprint density at radius 2 is 2.11 bits per heavy atom. The van der Waals surface area contributed by atoms with Crippen LogP contribution in [0.15, 0.2) is 18.2 Å². The highest BCUT2D eigenvalue weighted by Crippen LogP contribution is 2.27. The van der Waals surface area contributed by atoms with Crippen molar-refractivity contribution in [1.82, 2.24) is 0 Å². The molecule has 18 heavy (non-hydrogen) atoms. The summed E-state index contributed by atoms with van der Waals surface area (Å²) in [5.74, 6) is -0.336. The van der Waals surface area contributed by atoms with Crippen molar-refractivity contribution in [2.24, 2.45) is 0 Å². The highest BCUT2D eigenvalue weighted by atomic mass is 16.5. The van der Waals surface area contributed by atoms with Crippen LogP contribution in [0.2, 0.25) is 0 Å². The molecule has 1 fully saturated rings. The third kappa shape index (κ3) is 3.37. The number of nitrogen functional groups attached to an aromatic ring is 1. The third-order valence-corrected chi connectivity index (χ3v) is 2.94. The number of anilines is 2. The summed E-state index contributed by atoms with van der Waals surface area (Å²) in [6, 6.07) is 5.65. The van der Waals surface area contributed by atoms with Crippen LogP contribution in [0.5, 0.6) is 0 Å². The van der Waals surface area contributed by atoms with E-state index in [0.29, 0.717) is 17.3 Å². The SMILES string of the molecule is CO.COC(=O)c1ccc(N)c(NC2CCC2)c1. The van der Waals surface area contributed by atoms with Crippen LogP contribution < -0.4 is 11.1 Å². The second-order valence-electron chi connectivity index (χ2n) is 4.07. The molecule has 1 aromatic rings. The Morgan fingerprint density at radius 3 is 2.61 bits per heavy atom. The van der Waals surface area contributed by atoms with Gasteiger partial charge in [-0.05, 0) is 37.5 Å². The topological polar surface area (TPSA) is 84.6 Å². The first-order valence-electron chi connectivity index (χ1n) is 5.90. The number of hydrogen-bond donors (Lipinski definition) is 3. The van der Waals surface area contributed by atoms with Crippen molar-refractivity contribution in [2.75, 3.05) is 25.3 Å². The lowest BCUT2D eigenvalue weighted by molar-refractivity contribution is 0.0601. The molecular formula is C13H20N2O3. The minimum absolute atomic E-state index is 0.336. The van der Waals surface area contributed by atoms with E-state index in [-0.39, 0.29) is 5.97 Å². The van der Waals surface area contributed by atoms with Gasteiger partial charge in [-0.25, -0.2) is 4.79 Å². The number of carbonyl (C=O) groups is 1. The van der Waals surface area contributed by atoms with Gasteiger partial charge in [0, 0.05) is 13.2 Å². The number of nitrogens with one attached hydrogen (secondary N) is 1. The lowest BCUT2D eigenvalue weighted by Gasteiger charge is -2.28. The van der Waals surface area contributed by atoms with Gasteiger partial charge in [-0.2, -0.15) is 0 Å². The Hall–Kier alpha value is -1.75. The minimum atomic E-state index is -0.336. The van der Waals surface area contributed by atoms with E-state index in [4.69, 9.17) is 10.8 Å². The Kier molecular flexibility index (Phi) is 5.45. The molecule has 0 atom stereocenters. The summed E-state index contributed by atoms with van der Waals surface area (Å²) < 4.78 is 4.67. The summed E-state index contributed by atoms with van der Waals surface area (Å²) in [6.45, 7) is 0. The smallest absolute Gasteiger partial charge is 0.337 e. The molecule has 0 spiro atoms. The molecule has 0 aliphatic heterocycles. The summed E-state index contributed by atoms with van der Waals surface area (Å²) in [6.07, 6.45) is 3.60. The van der Waals surface area contributed by atoms with Crippen LogP contribution in [-0.4, -0.2) is 31.3 Å². The number of esters is 1. The first-order valence-corrected chi connectivity index (χ1v) is 5.90.